The van der Waals surface area contributed by atoms with Crippen LogP contribution in [0.1, 0.15) is 12.5 Å². The molecule has 0 atom stereocenters. The maximum atomic E-state index is 12.7. The summed E-state index contributed by atoms with van der Waals surface area (Å²) in [6, 6.07) is 1.50. The summed E-state index contributed by atoms with van der Waals surface area (Å²) in [7, 11) is 0. The van der Waals surface area contributed by atoms with Gasteiger partial charge < -0.3 is 14.8 Å². The van der Waals surface area contributed by atoms with E-state index in [1.165, 1.54) is 4.90 Å². The van der Waals surface area contributed by atoms with Crippen LogP contribution in [0.5, 0.6) is 0 Å². The van der Waals surface area contributed by atoms with E-state index in [0.717, 1.165) is 10.6 Å². The monoisotopic (exact) mass is 374 g/mol. The Kier molecular flexibility index (Phi) is 6.41. The second-order valence-electron chi connectivity index (χ2n) is 5.99. The Balaban J connectivity index is 1.93. The van der Waals surface area contributed by atoms with Gasteiger partial charge in [-0.25, -0.2) is 0 Å². The lowest BCUT2D eigenvalue weighted by atomic mass is 10.2. The van der Waals surface area contributed by atoms with Crippen molar-refractivity contribution in [3.05, 3.63) is 34.2 Å². The third-order valence-corrected chi connectivity index (χ3v) is 4.08. The van der Waals surface area contributed by atoms with Crippen LogP contribution < -0.4 is 10.9 Å². The molecule has 0 radical (unpaired) electrons. The van der Waals surface area contributed by atoms with Gasteiger partial charge in [0.25, 0.3) is 5.56 Å². The van der Waals surface area contributed by atoms with E-state index in [1.807, 2.05) is 11.8 Å². The molecule has 0 spiro atoms. The molecule has 2 amide bonds. The zero-order valence-corrected chi connectivity index (χ0v) is 14.4. The van der Waals surface area contributed by atoms with Gasteiger partial charge in [0.05, 0.1) is 12.1 Å². The Morgan fingerprint density at radius 2 is 1.77 bits per heavy atom. The number of hydrogen-bond acceptors (Lipinski definition) is 4. The van der Waals surface area contributed by atoms with Crippen molar-refractivity contribution in [1.29, 1.82) is 0 Å². The van der Waals surface area contributed by atoms with Crippen LogP contribution in [-0.4, -0.2) is 65.4 Å². The van der Waals surface area contributed by atoms with E-state index in [9.17, 15) is 27.6 Å². The van der Waals surface area contributed by atoms with Gasteiger partial charge in [-0.05, 0) is 13.0 Å². The van der Waals surface area contributed by atoms with E-state index in [-0.39, 0.29) is 12.5 Å². The number of alkyl halides is 3. The summed E-state index contributed by atoms with van der Waals surface area (Å²) in [4.78, 5) is 39.0. The van der Waals surface area contributed by atoms with Crippen LogP contribution in [0.2, 0.25) is 0 Å². The van der Waals surface area contributed by atoms with E-state index in [0.29, 0.717) is 45.0 Å². The Morgan fingerprint density at radius 3 is 2.35 bits per heavy atom. The van der Waals surface area contributed by atoms with Gasteiger partial charge in [-0.3, -0.25) is 19.3 Å². The Labute approximate surface area is 148 Å². The van der Waals surface area contributed by atoms with Crippen LogP contribution >= 0.6 is 0 Å². The molecule has 2 rings (SSSR count). The summed E-state index contributed by atoms with van der Waals surface area (Å²) >= 11 is 0. The molecule has 1 aromatic rings. The highest BCUT2D eigenvalue weighted by molar-refractivity contribution is 5.78. The molecule has 1 N–H and O–H groups in total. The van der Waals surface area contributed by atoms with E-state index < -0.39 is 29.8 Å². The van der Waals surface area contributed by atoms with Gasteiger partial charge in [0.1, 0.15) is 6.54 Å². The molecule has 144 valence electrons. The first-order valence-corrected chi connectivity index (χ1v) is 8.25. The van der Waals surface area contributed by atoms with Crippen molar-refractivity contribution in [3.63, 3.8) is 0 Å². The highest BCUT2D eigenvalue weighted by Gasteiger charge is 2.31. The van der Waals surface area contributed by atoms with Gasteiger partial charge >= 0.3 is 6.18 Å². The number of carbonyl (C=O) groups is 2. The van der Waals surface area contributed by atoms with Gasteiger partial charge in [-0.1, -0.05) is 0 Å². The maximum absolute atomic E-state index is 12.7. The van der Waals surface area contributed by atoms with E-state index >= 15 is 0 Å². The van der Waals surface area contributed by atoms with E-state index in [1.54, 1.807) is 0 Å². The normalized spacial score (nSPS) is 15.8. The van der Waals surface area contributed by atoms with Crippen molar-refractivity contribution in [2.24, 2.45) is 0 Å². The molecule has 0 bridgehead atoms. The van der Waals surface area contributed by atoms with E-state index in [4.69, 9.17) is 0 Å². The lowest BCUT2D eigenvalue weighted by molar-refractivity contribution is -0.139. The third-order valence-electron chi connectivity index (χ3n) is 4.08. The summed E-state index contributed by atoms with van der Waals surface area (Å²) in [6.45, 7) is 3.84. The van der Waals surface area contributed by atoms with E-state index in [2.05, 4.69) is 5.32 Å². The van der Waals surface area contributed by atoms with Crippen LogP contribution in [-0.2, 0) is 22.3 Å². The largest absolute Gasteiger partial charge is 0.417 e. The average Bonchev–Trinajstić information content (AvgIpc) is 2.56. The number of halogens is 3. The minimum atomic E-state index is -4.58. The lowest BCUT2D eigenvalue weighted by Gasteiger charge is -2.34. The molecule has 0 saturated carbocycles. The van der Waals surface area contributed by atoms with Crippen LogP contribution in [0.15, 0.2) is 23.1 Å². The quantitative estimate of drug-likeness (QED) is 0.796. The van der Waals surface area contributed by atoms with Crippen molar-refractivity contribution in [3.8, 4) is 0 Å². The SMILES string of the molecule is CCNC(=O)CN1CCN(C(=O)Cn2cc(C(F)(F)F)ccc2=O)CC1. The maximum Gasteiger partial charge on any atom is 0.417 e. The number of likely N-dealkylation sites (N-methyl/N-ethyl adjacent to an activating group) is 1. The molecule has 26 heavy (non-hydrogen) atoms. The molecule has 1 aromatic heterocycles. The molecule has 0 aromatic carbocycles. The van der Waals surface area contributed by atoms with Gasteiger partial charge in [0.2, 0.25) is 11.8 Å². The fourth-order valence-electron chi connectivity index (χ4n) is 2.68. The highest BCUT2D eigenvalue weighted by Crippen LogP contribution is 2.28. The molecular weight excluding hydrogens is 353 g/mol. The predicted molar refractivity (Wildman–Crippen MR) is 87.4 cm³/mol. The van der Waals surface area contributed by atoms with Gasteiger partial charge in [-0.15, -0.1) is 0 Å². The molecule has 1 fully saturated rings. The summed E-state index contributed by atoms with van der Waals surface area (Å²) in [6.07, 6.45) is -3.92. The van der Waals surface area contributed by atoms with Crippen molar-refractivity contribution < 1.29 is 22.8 Å². The first-order valence-electron chi connectivity index (χ1n) is 8.25. The first kappa shape index (κ1) is 20.0. The Hall–Kier alpha value is -2.36. The van der Waals surface area contributed by atoms with Crippen molar-refractivity contribution in [1.82, 2.24) is 19.7 Å². The number of nitrogens with one attached hydrogen (secondary N) is 1. The summed E-state index contributed by atoms with van der Waals surface area (Å²) in [5.41, 5.74) is -1.64. The second-order valence-corrected chi connectivity index (χ2v) is 5.99. The molecule has 0 aliphatic carbocycles. The molecule has 1 aliphatic heterocycles. The van der Waals surface area contributed by atoms with Gasteiger partial charge in [0.15, 0.2) is 0 Å². The molecule has 7 nitrogen and oxygen atoms in total. The van der Waals surface area contributed by atoms with Crippen LogP contribution in [0.4, 0.5) is 13.2 Å². The van der Waals surface area contributed by atoms with Crippen molar-refractivity contribution >= 4 is 11.8 Å². The van der Waals surface area contributed by atoms with Crippen LogP contribution in [0.25, 0.3) is 0 Å². The number of hydrogen-bond donors (Lipinski definition) is 1. The summed E-state index contributed by atoms with van der Waals surface area (Å²) in [5.74, 6) is -0.521. The predicted octanol–water partition coefficient (Wildman–Crippen LogP) is 0.147. The summed E-state index contributed by atoms with van der Waals surface area (Å²) in [5, 5.41) is 2.69. The Bertz CT molecular complexity index is 709. The molecule has 1 aliphatic rings. The van der Waals surface area contributed by atoms with Crippen LogP contribution in [0.3, 0.4) is 0 Å². The number of rotatable bonds is 5. The third kappa shape index (κ3) is 5.32. The highest BCUT2D eigenvalue weighted by atomic mass is 19.4. The minimum absolute atomic E-state index is 0.0946. The Morgan fingerprint density at radius 1 is 1.12 bits per heavy atom. The van der Waals surface area contributed by atoms with Crippen molar-refractivity contribution in [2.45, 2.75) is 19.6 Å². The van der Waals surface area contributed by atoms with Crippen molar-refractivity contribution in [2.75, 3.05) is 39.3 Å². The number of piperazine rings is 1. The number of carbonyl (C=O) groups excluding carboxylic acids is 2. The molecular formula is C16H21F3N4O3. The molecule has 0 unspecified atom stereocenters. The minimum Gasteiger partial charge on any atom is -0.355 e. The number of nitrogens with zero attached hydrogens (tertiary/aromatic N) is 3. The lowest BCUT2D eigenvalue weighted by Crippen LogP contribution is -2.52. The molecule has 10 heteroatoms. The van der Waals surface area contributed by atoms with Gasteiger partial charge in [-0.2, -0.15) is 13.2 Å². The fraction of sp³-hybridized carbons (Fsp3) is 0.562. The zero-order chi connectivity index (χ0) is 19.3. The fourth-order valence-corrected chi connectivity index (χ4v) is 2.68. The summed E-state index contributed by atoms with van der Waals surface area (Å²) < 4.78 is 39.0. The molecule has 2 heterocycles. The second kappa shape index (κ2) is 8.35. The standard InChI is InChI=1S/C16H21F3N4O3/c1-2-20-13(24)10-21-5-7-22(8-6-21)15(26)11-23-9-12(16(17,18)19)3-4-14(23)25/h3-4,9H,2,5-8,10-11H2,1H3,(H,20,24). The number of pyridine rings is 1. The molecule has 1 saturated heterocycles. The zero-order valence-electron chi connectivity index (χ0n) is 14.4. The van der Waals surface area contributed by atoms with Crippen LogP contribution in [0, 0.1) is 0 Å². The average molecular weight is 374 g/mol. The first-order chi connectivity index (χ1) is 12.2. The number of amides is 2. The number of aromatic nitrogens is 1. The topological polar surface area (TPSA) is 74.7 Å². The van der Waals surface area contributed by atoms with Gasteiger partial charge in [0, 0.05) is 45.0 Å². The smallest absolute Gasteiger partial charge is 0.355 e.